The van der Waals surface area contributed by atoms with Gasteiger partial charge in [0.05, 0.1) is 6.33 Å². The lowest BCUT2D eigenvalue weighted by Crippen LogP contribution is -2.22. The number of rotatable bonds is 6. The number of H-pyrrole nitrogens is 1. The summed E-state index contributed by atoms with van der Waals surface area (Å²) in [5.41, 5.74) is 8.97. The average Bonchev–Trinajstić information content (AvgIpc) is 3.58. The lowest BCUT2D eigenvalue weighted by molar-refractivity contribution is -0.122. The van der Waals surface area contributed by atoms with E-state index in [1.807, 2.05) is 29.2 Å². The average molecular weight is 448 g/mol. The van der Waals surface area contributed by atoms with E-state index in [-0.39, 0.29) is 12.4 Å². The number of nitrogens with zero attached hydrogens (tertiary/aromatic N) is 6. The Balaban J connectivity index is 0.000000821. The summed E-state index contributed by atoms with van der Waals surface area (Å²) in [6.07, 6.45) is 8.03. The van der Waals surface area contributed by atoms with Gasteiger partial charge < -0.3 is 15.8 Å². The molecule has 5 rings (SSSR count). The first kappa shape index (κ1) is 21.9. The van der Waals surface area contributed by atoms with Crippen molar-refractivity contribution in [2.45, 2.75) is 38.3 Å². The number of benzene rings is 1. The number of aryl methyl sites for hydroxylation is 3. The van der Waals surface area contributed by atoms with E-state index in [2.05, 4.69) is 25.8 Å². The fourth-order valence-corrected chi connectivity index (χ4v) is 3.96. The molecule has 0 spiro atoms. The van der Waals surface area contributed by atoms with Crippen molar-refractivity contribution in [3.63, 3.8) is 0 Å². The number of imidazole rings is 1. The number of hydrogen-bond donors (Lipinski definition) is 3. The number of aromatic amines is 1. The Morgan fingerprint density at radius 3 is 2.76 bits per heavy atom. The maximum absolute atomic E-state index is 11.4. The minimum Gasteiger partial charge on any atom is -0.483 e. The third-order valence-electron chi connectivity index (χ3n) is 5.59. The molecule has 1 aliphatic rings. The van der Waals surface area contributed by atoms with Gasteiger partial charge in [-0.1, -0.05) is 12.1 Å². The van der Waals surface area contributed by atoms with E-state index in [1.165, 1.54) is 5.69 Å². The number of nitrogens with two attached hydrogens (primary N) is 1. The number of carboxylic acid groups (broad SMARTS) is 1. The maximum Gasteiger partial charge on any atom is 0.290 e. The summed E-state index contributed by atoms with van der Waals surface area (Å²) in [6.45, 7) is 1.34. The molecule has 11 nitrogen and oxygen atoms in total. The number of fused-ring (bicyclic) bond motifs is 1. The van der Waals surface area contributed by atoms with Crippen molar-refractivity contribution >= 4 is 12.4 Å². The first-order valence-electron chi connectivity index (χ1n) is 10.5. The van der Waals surface area contributed by atoms with Crippen LogP contribution in [0.2, 0.25) is 0 Å². The molecular formula is C22H24N8O3. The molecule has 0 saturated carbocycles. The fourth-order valence-electron chi connectivity index (χ4n) is 3.96. The lowest BCUT2D eigenvalue weighted by atomic mass is 9.95. The molecule has 4 aromatic rings. The Morgan fingerprint density at radius 1 is 1.27 bits per heavy atom. The van der Waals surface area contributed by atoms with Gasteiger partial charge in [-0.3, -0.25) is 14.3 Å². The van der Waals surface area contributed by atoms with Gasteiger partial charge in [0.15, 0.2) is 5.82 Å². The molecule has 0 bridgehead atoms. The fraction of sp³-hybridized carbons (Fsp3) is 0.273. The third-order valence-corrected chi connectivity index (χ3v) is 5.59. The first-order valence-corrected chi connectivity index (χ1v) is 10.5. The largest absolute Gasteiger partial charge is 0.483 e. The molecule has 1 aromatic carbocycles. The second kappa shape index (κ2) is 9.90. The van der Waals surface area contributed by atoms with Crippen molar-refractivity contribution in [2.75, 3.05) is 0 Å². The molecule has 3 aromatic heterocycles. The number of carbonyl (C=O) groups excluding carboxylic acids is 1. The van der Waals surface area contributed by atoms with Crippen molar-refractivity contribution in [1.29, 1.82) is 0 Å². The van der Waals surface area contributed by atoms with Gasteiger partial charge in [0.1, 0.15) is 5.82 Å². The molecule has 1 aliphatic heterocycles. The summed E-state index contributed by atoms with van der Waals surface area (Å²) in [4.78, 5) is 31.9. The molecule has 1 atom stereocenters. The summed E-state index contributed by atoms with van der Waals surface area (Å²) < 4.78 is 4.07. The lowest BCUT2D eigenvalue weighted by Gasteiger charge is -2.23. The van der Waals surface area contributed by atoms with Crippen molar-refractivity contribution in [2.24, 2.45) is 5.73 Å². The molecule has 0 aliphatic carbocycles. The number of aromatic nitrogens is 7. The molecule has 4 heterocycles. The van der Waals surface area contributed by atoms with Crippen molar-refractivity contribution in [3.05, 3.63) is 71.8 Å². The van der Waals surface area contributed by atoms with Gasteiger partial charge in [-0.05, 0) is 31.0 Å². The van der Waals surface area contributed by atoms with Crippen LogP contribution in [0.15, 0.2) is 49.1 Å². The predicted molar refractivity (Wildman–Crippen MR) is 118 cm³/mol. The summed E-state index contributed by atoms with van der Waals surface area (Å²) in [5.74, 6) is 1.47. The Kier molecular flexibility index (Phi) is 6.58. The van der Waals surface area contributed by atoms with Crippen LogP contribution in [-0.4, -0.2) is 52.0 Å². The van der Waals surface area contributed by atoms with Gasteiger partial charge in [0.2, 0.25) is 5.91 Å². The molecule has 1 unspecified atom stereocenters. The molecule has 11 heteroatoms. The Bertz CT molecular complexity index is 1210. The topological polar surface area (TPSA) is 158 Å². The zero-order chi connectivity index (χ0) is 23.2. The van der Waals surface area contributed by atoms with Crippen LogP contribution in [0.3, 0.4) is 0 Å². The summed E-state index contributed by atoms with van der Waals surface area (Å²) >= 11 is 0. The molecule has 0 radical (unpaired) electrons. The van der Waals surface area contributed by atoms with Crippen LogP contribution < -0.4 is 5.73 Å². The zero-order valence-corrected chi connectivity index (χ0v) is 17.8. The molecular weight excluding hydrogens is 424 g/mol. The van der Waals surface area contributed by atoms with Gasteiger partial charge in [0, 0.05) is 60.3 Å². The van der Waals surface area contributed by atoms with Crippen LogP contribution in [0.4, 0.5) is 0 Å². The van der Waals surface area contributed by atoms with E-state index in [0.29, 0.717) is 17.9 Å². The molecule has 170 valence electrons. The SMILES string of the molecule is NC(=O)c1ccc(-c2nc(C3CCn4nccc4C3)n(CCc3cnc[nH]3)n2)cc1.O=CO. The minimum absolute atomic E-state index is 0.250. The monoisotopic (exact) mass is 448 g/mol. The van der Waals surface area contributed by atoms with Gasteiger partial charge >= 0.3 is 0 Å². The van der Waals surface area contributed by atoms with Crippen LogP contribution in [0.25, 0.3) is 11.4 Å². The molecule has 4 N–H and O–H groups in total. The summed E-state index contributed by atoms with van der Waals surface area (Å²) in [6, 6.07) is 9.17. The van der Waals surface area contributed by atoms with Crippen LogP contribution in [0.5, 0.6) is 0 Å². The third kappa shape index (κ3) is 4.97. The van der Waals surface area contributed by atoms with Crippen LogP contribution in [-0.2, 0) is 30.7 Å². The quantitative estimate of drug-likeness (QED) is 0.378. The van der Waals surface area contributed by atoms with Gasteiger partial charge in [0.25, 0.3) is 6.47 Å². The van der Waals surface area contributed by atoms with Crippen LogP contribution in [0, 0.1) is 0 Å². The predicted octanol–water partition coefficient (Wildman–Crippen LogP) is 1.64. The number of carbonyl (C=O) groups is 2. The number of nitrogens with one attached hydrogen (secondary N) is 1. The highest BCUT2D eigenvalue weighted by molar-refractivity contribution is 5.93. The van der Waals surface area contributed by atoms with Crippen molar-refractivity contribution in [3.8, 4) is 11.4 Å². The van der Waals surface area contributed by atoms with E-state index in [4.69, 9.17) is 25.7 Å². The Labute approximate surface area is 189 Å². The molecule has 1 amide bonds. The Morgan fingerprint density at radius 2 is 2.06 bits per heavy atom. The van der Waals surface area contributed by atoms with E-state index in [9.17, 15) is 4.79 Å². The normalized spacial score (nSPS) is 14.7. The maximum atomic E-state index is 11.4. The van der Waals surface area contributed by atoms with Crippen LogP contribution >= 0.6 is 0 Å². The summed E-state index contributed by atoms with van der Waals surface area (Å²) in [7, 11) is 0. The highest BCUT2D eigenvalue weighted by atomic mass is 16.3. The second-order valence-corrected chi connectivity index (χ2v) is 7.63. The van der Waals surface area contributed by atoms with E-state index >= 15 is 0 Å². The molecule has 0 fully saturated rings. The first-order chi connectivity index (χ1) is 16.1. The second-order valence-electron chi connectivity index (χ2n) is 7.63. The number of hydrogen-bond acceptors (Lipinski definition) is 6. The van der Waals surface area contributed by atoms with E-state index < -0.39 is 5.91 Å². The summed E-state index contributed by atoms with van der Waals surface area (Å²) in [5, 5.41) is 16.1. The zero-order valence-electron chi connectivity index (χ0n) is 17.8. The number of amides is 1. The van der Waals surface area contributed by atoms with Gasteiger partial charge in [-0.2, -0.15) is 10.2 Å². The van der Waals surface area contributed by atoms with Gasteiger partial charge in [-0.25, -0.2) is 14.6 Å². The highest BCUT2D eigenvalue weighted by Crippen LogP contribution is 2.30. The Hall–Kier alpha value is -4.28. The standard InChI is InChI=1S/C21H22N8O.CH2O2/c22-19(30)14-1-3-15(4-2-14)20-26-21(16-6-9-28-18(11-16)5-8-25-28)29(27-20)10-7-17-12-23-13-24-17;2-1-3/h1-5,8,12-13,16H,6-7,9-11H2,(H2,22,30)(H,23,24);1H,(H,2,3). The number of primary amides is 1. The van der Waals surface area contributed by atoms with Crippen molar-refractivity contribution < 1.29 is 14.7 Å². The minimum atomic E-state index is -0.445. The molecule has 33 heavy (non-hydrogen) atoms. The highest BCUT2D eigenvalue weighted by Gasteiger charge is 2.26. The van der Waals surface area contributed by atoms with Crippen LogP contribution in [0.1, 0.15) is 39.9 Å². The smallest absolute Gasteiger partial charge is 0.290 e. The van der Waals surface area contributed by atoms with Gasteiger partial charge in [-0.15, -0.1) is 0 Å². The molecule has 0 saturated heterocycles. The van der Waals surface area contributed by atoms with E-state index in [0.717, 1.165) is 42.9 Å². The van der Waals surface area contributed by atoms with Crippen molar-refractivity contribution in [1.82, 2.24) is 34.5 Å². The van der Waals surface area contributed by atoms with E-state index in [1.54, 1.807) is 18.5 Å².